The molecule has 0 heterocycles. The van der Waals surface area contributed by atoms with Gasteiger partial charge in [-0.3, -0.25) is 4.79 Å². The van der Waals surface area contributed by atoms with Crippen LogP contribution in [0.5, 0.6) is 0 Å². The van der Waals surface area contributed by atoms with E-state index in [0.717, 1.165) is 5.56 Å². The molecule has 0 spiro atoms. The molecule has 0 aromatic heterocycles. The Labute approximate surface area is 157 Å². The minimum absolute atomic E-state index is 0.0166. The van der Waals surface area contributed by atoms with Gasteiger partial charge < -0.3 is 10.1 Å². The second-order valence-corrected chi connectivity index (χ2v) is 5.75. The van der Waals surface area contributed by atoms with Crippen LogP contribution in [-0.2, 0) is 9.53 Å². The summed E-state index contributed by atoms with van der Waals surface area (Å²) in [5.41, 5.74) is 3.93. The third-order valence-corrected chi connectivity index (χ3v) is 3.80. The number of hydrogen-bond donors (Lipinski definition) is 2. The van der Waals surface area contributed by atoms with Crippen LogP contribution in [0.1, 0.15) is 30.5 Å². The molecule has 2 N–H and O–H groups in total. The van der Waals surface area contributed by atoms with Gasteiger partial charge in [-0.05, 0) is 18.6 Å². The number of halogens is 1. The van der Waals surface area contributed by atoms with Gasteiger partial charge in [-0.25, -0.2) is 10.2 Å². The molecule has 26 heavy (non-hydrogen) atoms. The van der Waals surface area contributed by atoms with E-state index in [1.807, 2.05) is 42.5 Å². The predicted octanol–water partition coefficient (Wildman–Crippen LogP) is 3.67. The molecule has 0 unspecified atom stereocenters. The van der Waals surface area contributed by atoms with Crippen LogP contribution in [0.15, 0.2) is 59.7 Å². The molecule has 1 atom stereocenters. The summed E-state index contributed by atoms with van der Waals surface area (Å²) in [4.78, 5) is 23.9. The number of ether oxygens (including phenoxy) is 1. The molecule has 2 aromatic carbocycles. The molecule has 6 nitrogen and oxygen atoms in total. The lowest BCUT2D eigenvalue weighted by atomic mass is 10.0. The average Bonchev–Trinajstić information content (AvgIpc) is 2.64. The van der Waals surface area contributed by atoms with Gasteiger partial charge in [-0.15, -0.1) is 0 Å². The predicted molar refractivity (Wildman–Crippen MR) is 101 cm³/mol. The van der Waals surface area contributed by atoms with E-state index in [9.17, 15) is 9.59 Å². The lowest BCUT2D eigenvalue weighted by molar-refractivity contribution is -0.121. The van der Waals surface area contributed by atoms with Gasteiger partial charge in [-0.1, -0.05) is 60.1 Å². The summed E-state index contributed by atoms with van der Waals surface area (Å²) in [5.74, 6) is -0.348. The maximum atomic E-state index is 12.2. The summed E-state index contributed by atoms with van der Waals surface area (Å²) in [6, 6.07) is 15.8. The van der Waals surface area contributed by atoms with Crippen LogP contribution in [0.25, 0.3) is 0 Å². The molecule has 2 amide bonds. The van der Waals surface area contributed by atoms with Crippen LogP contribution in [0.4, 0.5) is 4.79 Å². The fourth-order valence-corrected chi connectivity index (χ4v) is 2.42. The topological polar surface area (TPSA) is 79.8 Å². The monoisotopic (exact) mass is 373 g/mol. The molecule has 0 bridgehead atoms. The smallest absolute Gasteiger partial charge is 0.407 e. The summed E-state index contributed by atoms with van der Waals surface area (Å²) in [7, 11) is 0. The van der Waals surface area contributed by atoms with Crippen LogP contribution in [0.2, 0.25) is 5.02 Å². The normalized spacial score (nSPS) is 11.8. The molecule has 0 aliphatic carbocycles. The van der Waals surface area contributed by atoms with Gasteiger partial charge in [-0.2, -0.15) is 5.10 Å². The number of nitrogens with one attached hydrogen (secondary N) is 2. The van der Waals surface area contributed by atoms with E-state index in [4.69, 9.17) is 16.3 Å². The van der Waals surface area contributed by atoms with Crippen molar-refractivity contribution in [3.05, 3.63) is 70.7 Å². The first kappa shape index (κ1) is 19.5. The van der Waals surface area contributed by atoms with E-state index in [1.54, 1.807) is 19.1 Å². The molecule has 2 rings (SSSR count). The Balaban J connectivity index is 1.99. The average molecular weight is 374 g/mol. The van der Waals surface area contributed by atoms with Crippen molar-refractivity contribution in [1.82, 2.24) is 10.7 Å². The SMILES string of the molecule is CCOC(=O)N[C@H](CC(=O)N/N=C\c1ccccc1Cl)c1ccccc1. The van der Waals surface area contributed by atoms with E-state index in [0.29, 0.717) is 10.6 Å². The van der Waals surface area contributed by atoms with Crippen molar-refractivity contribution in [2.24, 2.45) is 5.10 Å². The molecule has 7 heteroatoms. The largest absolute Gasteiger partial charge is 0.450 e. The van der Waals surface area contributed by atoms with Crippen molar-refractivity contribution in [3.8, 4) is 0 Å². The highest BCUT2D eigenvalue weighted by Crippen LogP contribution is 2.17. The standard InChI is InChI=1S/C19H20ClN3O3/c1-2-26-19(25)22-17(14-8-4-3-5-9-14)12-18(24)23-21-13-15-10-6-7-11-16(15)20/h3-11,13,17H,2,12H2,1H3,(H,22,25)(H,23,24)/b21-13-/t17-/m1/s1. The van der Waals surface area contributed by atoms with Crippen LogP contribution in [0, 0.1) is 0 Å². The lowest BCUT2D eigenvalue weighted by Crippen LogP contribution is -2.33. The highest BCUT2D eigenvalue weighted by atomic mass is 35.5. The summed E-state index contributed by atoms with van der Waals surface area (Å²) >= 11 is 6.03. The highest BCUT2D eigenvalue weighted by Gasteiger charge is 2.18. The van der Waals surface area contributed by atoms with E-state index in [1.165, 1.54) is 6.21 Å². The number of hydrogen-bond acceptors (Lipinski definition) is 4. The van der Waals surface area contributed by atoms with Crippen molar-refractivity contribution >= 4 is 29.8 Å². The lowest BCUT2D eigenvalue weighted by Gasteiger charge is -2.18. The number of carbonyl (C=O) groups is 2. The van der Waals surface area contributed by atoms with Crippen LogP contribution in [0.3, 0.4) is 0 Å². The Morgan fingerprint density at radius 3 is 2.54 bits per heavy atom. The van der Waals surface area contributed by atoms with Gasteiger partial charge in [0.2, 0.25) is 5.91 Å². The molecule has 0 aliphatic heterocycles. The third kappa shape index (κ3) is 6.22. The van der Waals surface area contributed by atoms with Gasteiger partial charge in [0.25, 0.3) is 0 Å². The zero-order valence-electron chi connectivity index (χ0n) is 14.3. The molecule has 0 saturated heterocycles. The van der Waals surface area contributed by atoms with E-state index in [-0.39, 0.29) is 18.9 Å². The Morgan fingerprint density at radius 1 is 1.15 bits per heavy atom. The van der Waals surface area contributed by atoms with Crippen molar-refractivity contribution in [3.63, 3.8) is 0 Å². The third-order valence-electron chi connectivity index (χ3n) is 3.46. The zero-order valence-corrected chi connectivity index (χ0v) is 15.1. The van der Waals surface area contributed by atoms with Gasteiger partial charge in [0.1, 0.15) is 0 Å². The molecule has 0 saturated carbocycles. The highest BCUT2D eigenvalue weighted by molar-refractivity contribution is 6.33. The fraction of sp³-hybridized carbons (Fsp3) is 0.211. The molecular weight excluding hydrogens is 354 g/mol. The minimum atomic E-state index is -0.575. The minimum Gasteiger partial charge on any atom is -0.450 e. The Morgan fingerprint density at radius 2 is 1.85 bits per heavy atom. The van der Waals surface area contributed by atoms with Gasteiger partial charge in [0, 0.05) is 10.6 Å². The number of rotatable bonds is 7. The molecular formula is C19H20ClN3O3. The Hall–Kier alpha value is -2.86. The zero-order chi connectivity index (χ0) is 18.8. The fourth-order valence-electron chi connectivity index (χ4n) is 2.24. The summed E-state index contributed by atoms with van der Waals surface area (Å²) in [5, 5.41) is 7.14. The van der Waals surface area contributed by atoms with Crippen LogP contribution >= 0.6 is 11.6 Å². The van der Waals surface area contributed by atoms with E-state index >= 15 is 0 Å². The number of benzene rings is 2. The van der Waals surface area contributed by atoms with Crippen LogP contribution in [-0.4, -0.2) is 24.8 Å². The number of hydrazone groups is 1. The van der Waals surface area contributed by atoms with Gasteiger partial charge in [0.15, 0.2) is 0 Å². The first-order valence-corrected chi connectivity index (χ1v) is 8.52. The van der Waals surface area contributed by atoms with Crippen molar-refractivity contribution in [1.29, 1.82) is 0 Å². The number of carbonyl (C=O) groups excluding carboxylic acids is 2. The molecule has 0 aliphatic rings. The van der Waals surface area contributed by atoms with E-state index in [2.05, 4.69) is 15.8 Å². The summed E-state index contributed by atoms with van der Waals surface area (Å²) in [6.07, 6.45) is 0.910. The second kappa shape index (κ2) is 10.2. The van der Waals surface area contributed by atoms with Crippen molar-refractivity contribution < 1.29 is 14.3 Å². The van der Waals surface area contributed by atoms with Crippen molar-refractivity contribution in [2.45, 2.75) is 19.4 Å². The van der Waals surface area contributed by atoms with Crippen molar-refractivity contribution in [2.75, 3.05) is 6.61 Å². The maximum Gasteiger partial charge on any atom is 0.407 e. The van der Waals surface area contributed by atoms with Crippen LogP contribution < -0.4 is 10.7 Å². The number of amides is 2. The number of nitrogens with zero attached hydrogens (tertiary/aromatic N) is 1. The molecule has 2 aromatic rings. The first-order chi connectivity index (χ1) is 12.6. The van der Waals surface area contributed by atoms with Gasteiger partial charge >= 0.3 is 6.09 Å². The maximum absolute atomic E-state index is 12.2. The molecule has 0 fully saturated rings. The molecule has 136 valence electrons. The number of alkyl carbamates (subject to hydrolysis) is 1. The molecule has 0 radical (unpaired) electrons. The Bertz CT molecular complexity index is 766. The first-order valence-electron chi connectivity index (χ1n) is 8.14. The van der Waals surface area contributed by atoms with E-state index < -0.39 is 12.1 Å². The quantitative estimate of drug-likeness (QED) is 0.574. The Kier molecular flexibility index (Phi) is 7.64. The second-order valence-electron chi connectivity index (χ2n) is 5.35. The van der Waals surface area contributed by atoms with Gasteiger partial charge in [0.05, 0.1) is 25.3 Å². The summed E-state index contributed by atoms with van der Waals surface area (Å²) < 4.78 is 4.90. The summed E-state index contributed by atoms with van der Waals surface area (Å²) in [6.45, 7) is 1.97.